The standard InChI is InChI=1S/C12H24N4O2/c1-2-9-14-11(17)15-12(10(13)16-18)7-5-3-4-6-8-12/h18H,2-9H2,1H3,(H2,13,16)(H2,14,15,17). The third-order valence-corrected chi connectivity index (χ3v) is 3.44. The second-order valence-corrected chi connectivity index (χ2v) is 4.86. The summed E-state index contributed by atoms with van der Waals surface area (Å²) in [6, 6.07) is -0.245. The van der Waals surface area contributed by atoms with E-state index in [2.05, 4.69) is 15.8 Å². The molecule has 0 aromatic carbocycles. The maximum atomic E-state index is 11.8. The number of amidine groups is 1. The Balaban J connectivity index is 2.73. The van der Waals surface area contributed by atoms with E-state index in [4.69, 9.17) is 10.9 Å². The van der Waals surface area contributed by atoms with Gasteiger partial charge in [0.05, 0.1) is 0 Å². The summed E-state index contributed by atoms with van der Waals surface area (Å²) in [6.45, 7) is 2.61. The molecule has 1 rings (SSSR count). The summed E-state index contributed by atoms with van der Waals surface area (Å²) >= 11 is 0. The van der Waals surface area contributed by atoms with Crippen LogP contribution in [0.4, 0.5) is 4.79 Å². The predicted molar refractivity (Wildman–Crippen MR) is 70.7 cm³/mol. The Morgan fingerprint density at radius 3 is 2.44 bits per heavy atom. The van der Waals surface area contributed by atoms with Crippen molar-refractivity contribution in [3.8, 4) is 0 Å². The van der Waals surface area contributed by atoms with E-state index < -0.39 is 5.54 Å². The molecule has 1 fully saturated rings. The van der Waals surface area contributed by atoms with Gasteiger partial charge in [-0.25, -0.2) is 4.79 Å². The van der Waals surface area contributed by atoms with Crippen molar-refractivity contribution in [1.29, 1.82) is 0 Å². The molecule has 0 aromatic rings. The van der Waals surface area contributed by atoms with Crippen molar-refractivity contribution in [1.82, 2.24) is 10.6 Å². The Hall–Kier alpha value is -1.46. The summed E-state index contributed by atoms with van der Waals surface area (Å²) in [5.74, 6) is 0.107. The first-order chi connectivity index (χ1) is 8.64. The SMILES string of the molecule is CCCNC(=O)NC1(/C(N)=N/O)CCCCCC1. The Bertz CT molecular complexity index is 296. The molecule has 0 bridgehead atoms. The topological polar surface area (TPSA) is 99.7 Å². The van der Waals surface area contributed by atoms with Gasteiger partial charge in [0.25, 0.3) is 0 Å². The van der Waals surface area contributed by atoms with Crippen LogP contribution in [0.5, 0.6) is 0 Å². The second kappa shape index (κ2) is 7.08. The van der Waals surface area contributed by atoms with Gasteiger partial charge in [-0.3, -0.25) is 0 Å². The molecule has 0 heterocycles. The number of nitrogens with two attached hydrogens (primary N) is 1. The highest BCUT2D eigenvalue weighted by Crippen LogP contribution is 2.27. The summed E-state index contributed by atoms with van der Waals surface area (Å²) in [5.41, 5.74) is 5.10. The Morgan fingerprint density at radius 1 is 1.33 bits per heavy atom. The third kappa shape index (κ3) is 3.78. The van der Waals surface area contributed by atoms with Crippen LogP contribution < -0.4 is 16.4 Å². The number of urea groups is 1. The molecular formula is C12H24N4O2. The molecule has 104 valence electrons. The zero-order valence-corrected chi connectivity index (χ0v) is 11.0. The number of rotatable bonds is 4. The first-order valence-corrected chi connectivity index (χ1v) is 6.68. The Morgan fingerprint density at radius 2 is 1.94 bits per heavy atom. The number of carbonyl (C=O) groups excluding carboxylic acids is 1. The highest BCUT2D eigenvalue weighted by molar-refractivity contribution is 5.93. The molecule has 6 heteroatoms. The van der Waals surface area contributed by atoms with Crippen LogP contribution in [0.25, 0.3) is 0 Å². The van der Waals surface area contributed by atoms with Gasteiger partial charge in [0, 0.05) is 6.54 Å². The van der Waals surface area contributed by atoms with Crippen molar-refractivity contribution in [2.45, 2.75) is 57.4 Å². The van der Waals surface area contributed by atoms with Crippen LogP contribution in [-0.4, -0.2) is 29.2 Å². The van der Waals surface area contributed by atoms with Crippen molar-refractivity contribution in [2.24, 2.45) is 10.9 Å². The molecule has 1 saturated carbocycles. The lowest BCUT2D eigenvalue weighted by molar-refractivity contribution is 0.228. The first-order valence-electron chi connectivity index (χ1n) is 6.68. The minimum atomic E-state index is -0.691. The smallest absolute Gasteiger partial charge is 0.315 e. The van der Waals surface area contributed by atoms with E-state index in [1.807, 2.05) is 6.92 Å². The number of hydrogen-bond acceptors (Lipinski definition) is 3. The van der Waals surface area contributed by atoms with Gasteiger partial charge < -0.3 is 21.6 Å². The summed E-state index contributed by atoms with van der Waals surface area (Å²) in [6.07, 6.45) is 6.53. The van der Waals surface area contributed by atoms with Gasteiger partial charge in [-0.2, -0.15) is 0 Å². The number of oxime groups is 1. The van der Waals surface area contributed by atoms with Gasteiger partial charge in [-0.05, 0) is 19.3 Å². The third-order valence-electron chi connectivity index (χ3n) is 3.44. The molecule has 0 aliphatic heterocycles. The van der Waals surface area contributed by atoms with Crippen LogP contribution in [0.3, 0.4) is 0 Å². The van der Waals surface area contributed by atoms with Crippen LogP contribution in [-0.2, 0) is 0 Å². The minimum absolute atomic E-state index is 0.107. The second-order valence-electron chi connectivity index (χ2n) is 4.86. The molecular weight excluding hydrogens is 232 g/mol. The normalized spacial score (nSPS) is 19.9. The van der Waals surface area contributed by atoms with E-state index in [9.17, 15) is 4.79 Å². The van der Waals surface area contributed by atoms with Gasteiger partial charge >= 0.3 is 6.03 Å². The average molecular weight is 256 g/mol. The number of hydrogen-bond donors (Lipinski definition) is 4. The van der Waals surface area contributed by atoms with Gasteiger partial charge in [0.1, 0.15) is 5.54 Å². The van der Waals surface area contributed by atoms with E-state index in [1.165, 1.54) is 0 Å². The summed E-state index contributed by atoms with van der Waals surface area (Å²) in [5, 5.41) is 17.7. The summed E-state index contributed by atoms with van der Waals surface area (Å²) < 4.78 is 0. The van der Waals surface area contributed by atoms with E-state index in [1.54, 1.807) is 0 Å². The zero-order chi connectivity index (χ0) is 13.4. The van der Waals surface area contributed by atoms with Crippen LogP contribution in [0.1, 0.15) is 51.9 Å². The predicted octanol–water partition coefficient (Wildman–Crippen LogP) is 1.53. The molecule has 5 N–H and O–H groups in total. The molecule has 2 amide bonds. The average Bonchev–Trinajstić information content (AvgIpc) is 2.62. The molecule has 6 nitrogen and oxygen atoms in total. The van der Waals surface area contributed by atoms with Crippen LogP contribution in [0.2, 0.25) is 0 Å². The van der Waals surface area contributed by atoms with Gasteiger partial charge in [0.2, 0.25) is 0 Å². The van der Waals surface area contributed by atoms with Crippen molar-refractivity contribution in [3.63, 3.8) is 0 Å². The van der Waals surface area contributed by atoms with Crippen LogP contribution in [0.15, 0.2) is 5.16 Å². The Kier molecular flexibility index (Phi) is 5.74. The Labute approximate surface area is 108 Å². The lowest BCUT2D eigenvalue weighted by atomic mass is 9.89. The molecule has 0 saturated heterocycles. The quantitative estimate of drug-likeness (QED) is 0.202. The number of nitrogens with one attached hydrogen (secondary N) is 2. The summed E-state index contributed by atoms with van der Waals surface area (Å²) in [4.78, 5) is 11.8. The zero-order valence-electron chi connectivity index (χ0n) is 11.0. The highest BCUT2D eigenvalue weighted by atomic mass is 16.4. The molecule has 0 unspecified atom stereocenters. The monoisotopic (exact) mass is 256 g/mol. The van der Waals surface area contributed by atoms with E-state index in [0.29, 0.717) is 6.54 Å². The van der Waals surface area contributed by atoms with Gasteiger partial charge in [-0.15, -0.1) is 0 Å². The fourth-order valence-electron chi connectivity index (χ4n) is 2.37. The molecule has 0 spiro atoms. The maximum absolute atomic E-state index is 11.8. The maximum Gasteiger partial charge on any atom is 0.315 e. The van der Waals surface area contributed by atoms with Crippen molar-refractivity contribution in [2.75, 3.05) is 6.54 Å². The van der Waals surface area contributed by atoms with Crippen molar-refractivity contribution < 1.29 is 10.0 Å². The van der Waals surface area contributed by atoms with E-state index >= 15 is 0 Å². The first kappa shape index (κ1) is 14.6. The summed E-state index contributed by atoms with van der Waals surface area (Å²) in [7, 11) is 0. The van der Waals surface area contributed by atoms with Crippen LogP contribution in [0, 0.1) is 0 Å². The van der Waals surface area contributed by atoms with Gasteiger partial charge in [-0.1, -0.05) is 37.8 Å². The van der Waals surface area contributed by atoms with Crippen molar-refractivity contribution in [3.05, 3.63) is 0 Å². The highest BCUT2D eigenvalue weighted by Gasteiger charge is 2.37. The lowest BCUT2D eigenvalue weighted by Crippen LogP contribution is -2.59. The largest absolute Gasteiger partial charge is 0.409 e. The number of amides is 2. The molecule has 1 aliphatic carbocycles. The molecule has 0 radical (unpaired) electrons. The van der Waals surface area contributed by atoms with E-state index in [-0.39, 0.29) is 11.9 Å². The molecule has 1 aliphatic rings. The van der Waals surface area contributed by atoms with Crippen molar-refractivity contribution >= 4 is 11.9 Å². The number of nitrogens with zero attached hydrogens (tertiary/aromatic N) is 1. The fraction of sp³-hybridized carbons (Fsp3) is 0.833. The number of carbonyl (C=O) groups is 1. The molecule has 0 aromatic heterocycles. The lowest BCUT2D eigenvalue weighted by Gasteiger charge is -2.32. The fourth-order valence-corrected chi connectivity index (χ4v) is 2.37. The molecule has 0 atom stereocenters. The minimum Gasteiger partial charge on any atom is -0.409 e. The van der Waals surface area contributed by atoms with Crippen LogP contribution >= 0.6 is 0 Å². The van der Waals surface area contributed by atoms with Gasteiger partial charge in [0.15, 0.2) is 5.84 Å². The molecule has 18 heavy (non-hydrogen) atoms. The van der Waals surface area contributed by atoms with E-state index in [0.717, 1.165) is 44.9 Å².